The minimum Gasteiger partial charge on any atom is -0.345 e. The SMILES string of the molecule is N#Cc1cc2ccc3[nH]cnc3c2nc1NC=O. The summed E-state index contributed by atoms with van der Waals surface area (Å²) in [7, 11) is 0. The number of pyridine rings is 1. The zero-order valence-corrected chi connectivity index (χ0v) is 9.14. The molecule has 6 nitrogen and oxygen atoms in total. The molecule has 1 aromatic carbocycles. The number of nitrogens with zero attached hydrogens (tertiary/aromatic N) is 3. The molecule has 0 aliphatic heterocycles. The standard InChI is InChI=1S/C12H7N5O/c13-4-8-3-7-1-2-9-11(15-5-14-9)10(7)17-12(8)16-6-18/h1-3,5-6H,(H,14,15)(H,16,17,18). The molecule has 0 saturated heterocycles. The van der Waals surface area contributed by atoms with E-state index in [-0.39, 0.29) is 5.82 Å². The maximum Gasteiger partial charge on any atom is 0.212 e. The van der Waals surface area contributed by atoms with Gasteiger partial charge in [-0.2, -0.15) is 5.26 Å². The predicted octanol–water partition coefficient (Wildman–Crippen LogP) is 1.55. The maximum absolute atomic E-state index is 10.5. The molecule has 0 aliphatic carbocycles. The number of imidazole rings is 1. The van der Waals surface area contributed by atoms with Gasteiger partial charge < -0.3 is 10.3 Å². The van der Waals surface area contributed by atoms with Crippen LogP contribution < -0.4 is 5.32 Å². The number of aromatic amines is 1. The molecule has 0 bridgehead atoms. The van der Waals surface area contributed by atoms with Crippen molar-refractivity contribution in [3.63, 3.8) is 0 Å². The molecule has 0 unspecified atom stereocenters. The molecular formula is C12H7N5O. The number of rotatable bonds is 2. The fourth-order valence-corrected chi connectivity index (χ4v) is 1.89. The lowest BCUT2D eigenvalue weighted by Crippen LogP contribution is -2.00. The number of hydrogen-bond donors (Lipinski definition) is 2. The lowest BCUT2D eigenvalue weighted by Gasteiger charge is -2.04. The molecule has 2 heterocycles. The number of fused-ring (bicyclic) bond motifs is 3. The Morgan fingerprint density at radius 3 is 3.06 bits per heavy atom. The van der Waals surface area contributed by atoms with Gasteiger partial charge in [-0.15, -0.1) is 0 Å². The largest absolute Gasteiger partial charge is 0.345 e. The fourth-order valence-electron chi connectivity index (χ4n) is 1.89. The summed E-state index contributed by atoms with van der Waals surface area (Å²) in [5.41, 5.74) is 2.55. The highest BCUT2D eigenvalue weighted by Gasteiger charge is 2.09. The van der Waals surface area contributed by atoms with Crippen molar-refractivity contribution in [1.82, 2.24) is 15.0 Å². The molecule has 1 amide bonds. The second kappa shape index (κ2) is 3.82. The highest BCUT2D eigenvalue weighted by Crippen LogP contribution is 2.25. The first kappa shape index (κ1) is 10.2. The number of hydrogen-bond acceptors (Lipinski definition) is 4. The summed E-state index contributed by atoms with van der Waals surface area (Å²) in [6.07, 6.45) is 2.08. The first-order valence-corrected chi connectivity index (χ1v) is 5.20. The van der Waals surface area contributed by atoms with Gasteiger partial charge in [0.05, 0.1) is 17.4 Å². The van der Waals surface area contributed by atoms with E-state index >= 15 is 0 Å². The van der Waals surface area contributed by atoms with Crippen molar-refractivity contribution in [3.8, 4) is 6.07 Å². The normalized spacial score (nSPS) is 10.4. The van der Waals surface area contributed by atoms with Crippen LogP contribution in [0.3, 0.4) is 0 Å². The van der Waals surface area contributed by atoms with Crippen molar-refractivity contribution in [3.05, 3.63) is 30.1 Å². The summed E-state index contributed by atoms with van der Waals surface area (Å²) >= 11 is 0. The van der Waals surface area contributed by atoms with Crippen LogP contribution in [0.25, 0.3) is 21.9 Å². The fraction of sp³-hybridized carbons (Fsp3) is 0. The monoisotopic (exact) mass is 237 g/mol. The Morgan fingerprint density at radius 1 is 1.39 bits per heavy atom. The van der Waals surface area contributed by atoms with E-state index in [0.29, 0.717) is 23.0 Å². The summed E-state index contributed by atoms with van der Waals surface area (Å²) < 4.78 is 0. The van der Waals surface area contributed by atoms with Crippen LogP contribution in [-0.4, -0.2) is 21.4 Å². The smallest absolute Gasteiger partial charge is 0.212 e. The summed E-state index contributed by atoms with van der Waals surface area (Å²) in [5.74, 6) is 0.246. The van der Waals surface area contributed by atoms with Gasteiger partial charge in [-0.05, 0) is 12.1 Å². The molecular weight excluding hydrogens is 230 g/mol. The third-order valence-corrected chi connectivity index (χ3v) is 2.69. The molecule has 0 fully saturated rings. The molecule has 3 rings (SSSR count). The van der Waals surface area contributed by atoms with E-state index < -0.39 is 0 Å². The van der Waals surface area contributed by atoms with Crippen LogP contribution in [0.4, 0.5) is 5.82 Å². The Kier molecular flexibility index (Phi) is 2.17. The lowest BCUT2D eigenvalue weighted by molar-refractivity contribution is -0.105. The second-order valence-electron chi connectivity index (χ2n) is 3.69. The molecule has 0 atom stereocenters. The molecule has 2 N–H and O–H groups in total. The second-order valence-corrected chi connectivity index (χ2v) is 3.69. The topological polar surface area (TPSA) is 94.5 Å². The Morgan fingerprint density at radius 2 is 2.28 bits per heavy atom. The van der Waals surface area contributed by atoms with Crippen LogP contribution in [0.1, 0.15) is 5.56 Å². The van der Waals surface area contributed by atoms with Gasteiger partial charge >= 0.3 is 0 Å². The third kappa shape index (κ3) is 1.38. The first-order chi connectivity index (χ1) is 8.83. The molecule has 0 aliphatic rings. The number of nitrogens with one attached hydrogen (secondary N) is 2. The zero-order chi connectivity index (χ0) is 12.5. The summed E-state index contributed by atoms with van der Waals surface area (Å²) in [6.45, 7) is 0. The van der Waals surface area contributed by atoms with Crippen LogP contribution in [0.5, 0.6) is 0 Å². The van der Waals surface area contributed by atoms with Crippen LogP contribution in [0.2, 0.25) is 0 Å². The van der Waals surface area contributed by atoms with Gasteiger partial charge in [0.1, 0.15) is 17.1 Å². The van der Waals surface area contributed by atoms with Gasteiger partial charge in [-0.3, -0.25) is 4.79 Å². The molecule has 6 heteroatoms. The average molecular weight is 237 g/mol. The highest BCUT2D eigenvalue weighted by atomic mass is 16.1. The van der Waals surface area contributed by atoms with Crippen LogP contribution in [-0.2, 0) is 4.79 Å². The molecule has 2 aromatic heterocycles. The van der Waals surface area contributed by atoms with E-state index in [1.807, 2.05) is 18.2 Å². The van der Waals surface area contributed by atoms with Crippen LogP contribution in [0, 0.1) is 11.3 Å². The van der Waals surface area contributed by atoms with Crippen molar-refractivity contribution in [2.75, 3.05) is 5.32 Å². The zero-order valence-electron chi connectivity index (χ0n) is 9.14. The van der Waals surface area contributed by atoms with E-state index in [0.717, 1.165) is 10.9 Å². The van der Waals surface area contributed by atoms with Gasteiger partial charge in [0, 0.05) is 5.39 Å². The molecule has 0 radical (unpaired) electrons. The van der Waals surface area contributed by atoms with Crippen LogP contribution >= 0.6 is 0 Å². The van der Waals surface area contributed by atoms with Gasteiger partial charge in [0.25, 0.3) is 0 Å². The summed E-state index contributed by atoms with van der Waals surface area (Å²) in [6, 6.07) is 7.42. The van der Waals surface area contributed by atoms with Gasteiger partial charge in [-0.1, -0.05) is 6.07 Å². The van der Waals surface area contributed by atoms with Crippen molar-refractivity contribution in [2.24, 2.45) is 0 Å². The summed E-state index contributed by atoms with van der Waals surface area (Å²) in [5, 5.41) is 12.2. The van der Waals surface area contributed by atoms with Gasteiger partial charge in [0.2, 0.25) is 6.41 Å². The number of benzene rings is 1. The number of amides is 1. The van der Waals surface area contributed by atoms with E-state index in [1.165, 1.54) is 0 Å². The average Bonchev–Trinajstić information content (AvgIpc) is 2.87. The van der Waals surface area contributed by atoms with E-state index in [4.69, 9.17) is 5.26 Å². The number of carbonyl (C=O) groups excluding carboxylic acids is 1. The minimum atomic E-state index is 0.246. The van der Waals surface area contributed by atoms with E-state index in [1.54, 1.807) is 12.4 Å². The molecule has 18 heavy (non-hydrogen) atoms. The van der Waals surface area contributed by atoms with E-state index in [2.05, 4.69) is 20.3 Å². The third-order valence-electron chi connectivity index (χ3n) is 2.69. The number of anilines is 1. The number of carbonyl (C=O) groups is 1. The molecule has 3 aromatic rings. The van der Waals surface area contributed by atoms with E-state index in [9.17, 15) is 4.79 Å². The van der Waals surface area contributed by atoms with Crippen molar-refractivity contribution in [2.45, 2.75) is 0 Å². The predicted molar refractivity (Wildman–Crippen MR) is 65.8 cm³/mol. The van der Waals surface area contributed by atoms with Crippen molar-refractivity contribution < 1.29 is 4.79 Å². The lowest BCUT2D eigenvalue weighted by atomic mass is 10.1. The number of aromatic nitrogens is 3. The minimum absolute atomic E-state index is 0.246. The Bertz CT molecular complexity index is 799. The highest BCUT2D eigenvalue weighted by molar-refractivity contribution is 6.02. The molecule has 0 spiro atoms. The number of H-pyrrole nitrogens is 1. The summed E-state index contributed by atoms with van der Waals surface area (Å²) in [4.78, 5) is 22.0. The Labute approximate surface area is 101 Å². The quantitative estimate of drug-likeness (QED) is 0.661. The number of nitriles is 1. The van der Waals surface area contributed by atoms with Crippen LogP contribution in [0.15, 0.2) is 24.5 Å². The Hall–Kier alpha value is -2.94. The first-order valence-electron chi connectivity index (χ1n) is 5.20. The van der Waals surface area contributed by atoms with Gasteiger partial charge in [-0.25, -0.2) is 9.97 Å². The van der Waals surface area contributed by atoms with Crippen molar-refractivity contribution in [1.29, 1.82) is 5.26 Å². The Balaban J connectivity index is 2.42. The molecule has 86 valence electrons. The van der Waals surface area contributed by atoms with Crippen molar-refractivity contribution >= 4 is 34.2 Å². The van der Waals surface area contributed by atoms with Gasteiger partial charge in [0.15, 0.2) is 5.82 Å². The molecule has 0 saturated carbocycles. The maximum atomic E-state index is 10.5.